The molecule has 0 heterocycles. The molecule has 0 aliphatic heterocycles. The maximum Gasteiger partial charge on any atom is 0.208 e. The first-order valence-corrected chi connectivity index (χ1v) is 10.3. The number of hydrogen-bond donors (Lipinski definition) is 3. The Morgan fingerprint density at radius 2 is 1.91 bits per heavy atom. The van der Waals surface area contributed by atoms with Crippen LogP contribution in [0.4, 0.5) is 0 Å². The molecule has 0 saturated heterocycles. The Labute approximate surface area is 140 Å². The Bertz CT molecular complexity index is 459. The van der Waals surface area contributed by atoms with Gasteiger partial charge in [-0.25, -0.2) is 13.1 Å². The summed E-state index contributed by atoms with van der Waals surface area (Å²) in [5, 5.41) is 6.51. The van der Waals surface area contributed by atoms with Crippen molar-refractivity contribution in [3.05, 3.63) is 0 Å². The normalized spacial score (nSPS) is 18.1. The molecule has 8 heteroatoms. The van der Waals surface area contributed by atoms with Crippen molar-refractivity contribution >= 4 is 16.0 Å². The Hall–Kier alpha value is -0.860. The number of nitrogens with one attached hydrogen (secondary N) is 3. The van der Waals surface area contributed by atoms with Gasteiger partial charge < -0.3 is 15.4 Å². The van der Waals surface area contributed by atoms with Gasteiger partial charge in [0.25, 0.3) is 0 Å². The molecule has 3 N–H and O–H groups in total. The van der Waals surface area contributed by atoms with Crippen LogP contribution >= 0.6 is 0 Å². The van der Waals surface area contributed by atoms with Crippen molar-refractivity contribution in [2.75, 3.05) is 46.2 Å². The topological polar surface area (TPSA) is 91.8 Å². The predicted octanol–water partition coefficient (Wildman–Crippen LogP) is 0.688. The summed E-state index contributed by atoms with van der Waals surface area (Å²) in [6.07, 6.45) is 7.22. The van der Waals surface area contributed by atoms with Crippen LogP contribution in [-0.4, -0.2) is 60.5 Å². The van der Waals surface area contributed by atoms with Crippen LogP contribution in [0.5, 0.6) is 0 Å². The van der Waals surface area contributed by atoms with Crippen molar-refractivity contribution in [3.8, 4) is 0 Å². The molecule has 0 amide bonds. The molecule has 0 aromatic rings. The summed E-state index contributed by atoms with van der Waals surface area (Å²) in [5.74, 6) is 0.711. The highest BCUT2D eigenvalue weighted by Crippen LogP contribution is 2.40. The molecule has 1 rings (SSSR count). The SMILES string of the molecule is CCOCCC1(CNC(=NC)NCCNS(C)(=O)=O)CCCC1. The summed E-state index contributed by atoms with van der Waals surface area (Å²) in [6.45, 7) is 5.31. The van der Waals surface area contributed by atoms with Gasteiger partial charge in [-0.2, -0.15) is 0 Å². The molecular formula is C15H32N4O3S. The van der Waals surface area contributed by atoms with E-state index in [9.17, 15) is 8.42 Å². The average Bonchev–Trinajstić information content (AvgIpc) is 2.95. The number of hydrogen-bond acceptors (Lipinski definition) is 4. The van der Waals surface area contributed by atoms with Crippen molar-refractivity contribution in [3.63, 3.8) is 0 Å². The summed E-state index contributed by atoms with van der Waals surface area (Å²) in [5.41, 5.74) is 0.289. The summed E-state index contributed by atoms with van der Waals surface area (Å²) >= 11 is 0. The van der Waals surface area contributed by atoms with E-state index in [1.54, 1.807) is 7.05 Å². The fourth-order valence-corrected chi connectivity index (χ4v) is 3.46. The third-order valence-electron chi connectivity index (χ3n) is 4.28. The first kappa shape index (κ1) is 20.2. The van der Waals surface area contributed by atoms with Crippen LogP contribution in [0.3, 0.4) is 0 Å². The Morgan fingerprint density at radius 1 is 1.22 bits per heavy atom. The van der Waals surface area contributed by atoms with Crippen molar-refractivity contribution in [1.82, 2.24) is 15.4 Å². The van der Waals surface area contributed by atoms with E-state index in [0.717, 1.165) is 32.4 Å². The lowest BCUT2D eigenvalue weighted by Gasteiger charge is -2.30. The Morgan fingerprint density at radius 3 is 2.48 bits per heavy atom. The molecule has 0 unspecified atom stereocenters. The lowest BCUT2D eigenvalue weighted by Crippen LogP contribution is -2.45. The number of sulfonamides is 1. The van der Waals surface area contributed by atoms with Crippen LogP contribution in [0.25, 0.3) is 0 Å². The summed E-state index contributed by atoms with van der Waals surface area (Å²) in [7, 11) is -1.42. The Kier molecular flexibility index (Phi) is 8.86. The smallest absolute Gasteiger partial charge is 0.208 e. The van der Waals surface area contributed by atoms with E-state index in [0.29, 0.717) is 19.0 Å². The van der Waals surface area contributed by atoms with Gasteiger partial charge in [0.2, 0.25) is 10.0 Å². The van der Waals surface area contributed by atoms with Gasteiger partial charge in [-0.15, -0.1) is 0 Å². The summed E-state index contributed by atoms with van der Waals surface area (Å²) in [4.78, 5) is 4.20. The second kappa shape index (κ2) is 10.1. The molecule has 0 spiro atoms. The van der Waals surface area contributed by atoms with E-state index in [1.807, 2.05) is 6.92 Å². The summed E-state index contributed by atoms with van der Waals surface area (Å²) in [6, 6.07) is 0. The zero-order valence-corrected chi connectivity index (χ0v) is 15.5. The predicted molar refractivity (Wildman–Crippen MR) is 94.2 cm³/mol. The molecule has 0 bridgehead atoms. The molecule has 0 radical (unpaired) electrons. The third-order valence-corrected chi connectivity index (χ3v) is 5.01. The fourth-order valence-electron chi connectivity index (χ4n) is 2.98. The highest BCUT2D eigenvalue weighted by Gasteiger charge is 2.33. The van der Waals surface area contributed by atoms with E-state index in [-0.39, 0.29) is 5.41 Å². The zero-order chi connectivity index (χ0) is 17.2. The minimum Gasteiger partial charge on any atom is -0.382 e. The zero-order valence-electron chi connectivity index (χ0n) is 14.7. The molecule has 136 valence electrons. The highest BCUT2D eigenvalue weighted by molar-refractivity contribution is 7.88. The van der Waals surface area contributed by atoms with Gasteiger partial charge in [-0.3, -0.25) is 4.99 Å². The van der Waals surface area contributed by atoms with Crippen LogP contribution in [0.2, 0.25) is 0 Å². The number of ether oxygens (including phenoxy) is 1. The first-order chi connectivity index (χ1) is 10.9. The van der Waals surface area contributed by atoms with Gasteiger partial charge in [0.15, 0.2) is 5.96 Å². The van der Waals surface area contributed by atoms with Crippen molar-refractivity contribution in [2.24, 2.45) is 10.4 Å². The number of guanidine groups is 1. The molecule has 23 heavy (non-hydrogen) atoms. The van der Waals surface area contributed by atoms with Crippen LogP contribution in [0.1, 0.15) is 39.0 Å². The molecule has 1 fully saturated rings. The van der Waals surface area contributed by atoms with Crippen molar-refractivity contribution in [2.45, 2.75) is 39.0 Å². The molecule has 0 aromatic carbocycles. The monoisotopic (exact) mass is 348 g/mol. The number of rotatable bonds is 10. The lowest BCUT2D eigenvalue weighted by molar-refractivity contribution is 0.105. The van der Waals surface area contributed by atoms with E-state index >= 15 is 0 Å². The molecular weight excluding hydrogens is 316 g/mol. The number of aliphatic imine (C=N–C) groups is 1. The second-order valence-electron chi connectivity index (χ2n) is 6.17. The van der Waals surface area contributed by atoms with E-state index in [4.69, 9.17) is 4.74 Å². The third kappa shape index (κ3) is 8.53. The van der Waals surface area contributed by atoms with Crippen LogP contribution in [0.15, 0.2) is 4.99 Å². The molecule has 7 nitrogen and oxygen atoms in total. The lowest BCUT2D eigenvalue weighted by atomic mass is 9.83. The van der Waals surface area contributed by atoms with Crippen molar-refractivity contribution in [1.29, 1.82) is 0 Å². The minimum atomic E-state index is -3.14. The average molecular weight is 349 g/mol. The maximum absolute atomic E-state index is 11.0. The fraction of sp³-hybridized carbons (Fsp3) is 0.933. The second-order valence-corrected chi connectivity index (χ2v) is 8.01. The van der Waals surface area contributed by atoms with Gasteiger partial charge in [0, 0.05) is 39.9 Å². The molecule has 1 aliphatic carbocycles. The Balaban J connectivity index is 2.36. The van der Waals surface area contributed by atoms with E-state index in [1.165, 1.54) is 25.7 Å². The van der Waals surface area contributed by atoms with Crippen LogP contribution < -0.4 is 15.4 Å². The minimum absolute atomic E-state index is 0.289. The van der Waals surface area contributed by atoms with Gasteiger partial charge >= 0.3 is 0 Å². The standard InChI is InChI=1S/C15H32N4O3S/c1-4-22-12-9-15(7-5-6-8-15)13-18-14(16-2)17-10-11-19-23(3,20)21/h19H,4-13H2,1-3H3,(H2,16,17,18). The molecule has 1 aliphatic rings. The largest absolute Gasteiger partial charge is 0.382 e. The number of nitrogens with zero attached hydrogens (tertiary/aromatic N) is 1. The maximum atomic E-state index is 11.0. The molecule has 0 aromatic heterocycles. The van der Waals surface area contributed by atoms with Gasteiger partial charge in [0.1, 0.15) is 0 Å². The van der Waals surface area contributed by atoms with Crippen LogP contribution in [-0.2, 0) is 14.8 Å². The van der Waals surface area contributed by atoms with Crippen molar-refractivity contribution < 1.29 is 13.2 Å². The van der Waals surface area contributed by atoms with E-state index < -0.39 is 10.0 Å². The van der Waals surface area contributed by atoms with Gasteiger partial charge in [-0.1, -0.05) is 12.8 Å². The van der Waals surface area contributed by atoms with Gasteiger partial charge in [0.05, 0.1) is 6.26 Å². The quantitative estimate of drug-likeness (QED) is 0.307. The van der Waals surface area contributed by atoms with Gasteiger partial charge in [-0.05, 0) is 31.6 Å². The summed E-state index contributed by atoms with van der Waals surface area (Å²) < 4.78 is 30.0. The molecule has 1 saturated carbocycles. The van der Waals surface area contributed by atoms with E-state index in [2.05, 4.69) is 20.3 Å². The molecule has 0 atom stereocenters. The first-order valence-electron chi connectivity index (χ1n) is 8.38. The highest BCUT2D eigenvalue weighted by atomic mass is 32.2. The van der Waals surface area contributed by atoms with Crippen LogP contribution in [0, 0.1) is 5.41 Å².